The van der Waals surface area contributed by atoms with E-state index in [-0.39, 0.29) is 0 Å². The molecule has 6 heteroatoms. The lowest BCUT2D eigenvalue weighted by Gasteiger charge is -2.21. The van der Waals surface area contributed by atoms with Crippen LogP contribution in [0.1, 0.15) is 33.6 Å². The molecule has 0 aliphatic carbocycles. The number of nitrogens with one attached hydrogen (secondary N) is 1. The highest BCUT2D eigenvalue weighted by Crippen LogP contribution is 2.24. The number of rotatable bonds is 5. The second-order valence-corrected chi connectivity index (χ2v) is 4.39. The minimum Gasteiger partial charge on any atom is -0.464 e. The van der Waals surface area contributed by atoms with Crippen LogP contribution in [-0.2, 0) is 0 Å². The van der Waals surface area contributed by atoms with Gasteiger partial charge in [0, 0.05) is 19.1 Å². The highest BCUT2D eigenvalue weighted by atomic mass is 16.5. The van der Waals surface area contributed by atoms with E-state index < -0.39 is 0 Å². The van der Waals surface area contributed by atoms with Crippen molar-refractivity contribution in [2.75, 3.05) is 29.9 Å². The summed E-state index contributed by atoms with van der Waals surface area (Å²) >= 11 is 0. The van der Waals surface area contributed by atoms with Crippen molar-refractivity contribution in [3.63, 3.8) is 0 Å². The first kappa shape index (κ1) is 12.9. The molecule has 2 rings (SSSR count). The van der Waals surface area contributed by atoms with Crippen LogP contribution in [0.25, 0.3) is 0 Å². The van der Waals surface area contributed by atoms with Crippen molar-refractivity contribution in [1.29, 1.82) is 0 Å². The summed E-state index contributed by atoms with van der Waals surface area (Å²) < 4.78 is 5.40. The van der Waals surface area contributed by atoms with E-state index >= 15 is 0 Å². The molecule has 1 saturated heterocycles. The molecule has 1 atom stereocenters. The van der Waals surface area contributed by atoms with Gasteiger partial charge in [-0.2, -0.15) is 15.0 Å². The van der Waals surface area contributed by atoms with E-state index in [1.165, 1.54) is 12.8 Å². The van der Waals surface area contributed by atoms with Crippen molar-refractivity contribution in [1.82, 2.24) is 15.0 Å². The van der Waals surface area contributed by atoms with Gasteiger partial charge in [-0.05, 0) is 33.6 Å². The molecule has 6 nitrogen and oxygen atoms in total. The van der Waals surface area contributed by atoms with E-state index in [1.807, 2.05) is 13.8 Å². The third-order valence-electron chi connectivity index (χ3n) is 3.02. The molecule has 0 radical (unpaired) electrons. The zero-order valence-corrected chi connectivity index (χ0v) is 11.3. The van der Waals surface area contributed by atoms with Crippen molar-refractivity contribution in [2.24, 2.45) is 0 Å². The van der Waals surface area contributed by atoms with E-state index in [1.54, 1.807) is 0 Å². The van der Waals surface area contributed by atoms with Gasteiger partial charge in [0.2, 0.25) is 11.9 Å². The van der Waals surface area contributed by atoms with Gasteiger partial charge in [0.05, 0.1) is 6.61 Å². The van der Waals surface area contributed by atoms with E-state index in [0.29, 0.717) is 24.6 Å². The van der Waals surface area contributed by atoms with E-state index in [2.05, 4.69) is 32.1 Å². The molecule has 0 aromatic carbocycles. The summed E-state index contributed by atoms with van der Waals surface area (Å²) in [5.74, 6) is 1.31. The predicted octanol–water partition coefficient (Wildman–Crippen LogP) is 1.69. The van der Waals surface area contributed by atoms with Crippen LogP contribution in [-0.4, -0.2) is 40.7 Å². The fraction of sp³-hybridized carbons (Fsp3) is 0.750. The fourth-order valence-corrected chi connectivity index (χ4v) is 2.14. The standard InChI is InChI=1S/C12H21N5O/c1-4-13-10-14-11(16-12(15-10)18-5-2)17-8-6-7-9(17)3/h9H,4-8H2,1-3H3,(H,13,14,15,16). The Morgan fingerprint density at radius 3 is 2.78 bits per heavy atom. The molecule has 2 heterocycles. The monoisotopic (exact) mass is 251 g/mol. The Kier molecular flexibility index (Phi) is 4.17. The first-order valence-electron chi connectivity index (χ1n) is 6.64. The second kappa shape index (κ2) is 5.84. The normalized spacial score (nSPS) is 19.1. The molecule has 18 heavy (non-hydrogen) atoms. The maximum atomic E-state index is 5.40. The molecule has 1 N–H and O–H groups in total. The highest BCUT2D eigenvalue weighted by Gasteiger charge is 2.24. The first-order valence-corrected chi connectivity index (χ1v) is 6.64. The smallest absolute Gasteiger partial charge is 0.323 e. The SMILES string of the molecule is CCNc1nc(OCC)nc(N2CCCC2C)n1. The molecule has 1 aliphatic heterocycles. The van der Waals surface area contributed by atoms with Crippen LogP contribution in [0.3, 0.4) is 0 Å². The molecule has 1 aromatic heterocycles. The van der Waals surface area contributed by atoms with Gasteiger partial charge in [0.15, 0.2) is 0 Å². The van der Waals surface area contributed by atoms with E-state index in [0.717, 1.165) is 19.0 Å². The lowest BCUT2D eigenvalue weighted by Crippen LogP contribution is -2.28. The predicted molar refractivity (Wildman–Crippen MR) is 71.2 cm³/mol. The van der Waals surface area contributed by atoms with Crippen LogP contribution >= 0.6 is 0 Å². The largest absolute Gasteiger partial charge is 0.464 e. The van der Waals surface area contributed by atoms with Crippen molar-refractivity contribution in [3.8, 4) is 6.01 Å². The van der Waals surface area contributed by atoms with Gasteiger partial charge in [-0.15, -0.1) is 0 Å². The first-order chi connectivity index (χ1) is 8.74. The number of ether oxygens (including phenoxy) is 1. The Balaban J connectivity index is 2.27. The molecule has 1 aromatic rings. The maximum Gasteiger partial charge on any atom is 0.323 e. The van der Waals surface area contributed by atoms with Crippen LogP contribution in [0.4, 0.5) is 11.9 Å². The summed E-state index contributed by atoms with van der Waals surface area (Å²) in [5.41, 5.74) is 0. The van der Waals surface area contributed by atoms with Crippen molar-refractivity contribution in [2.45, 2.75) is 39.7 Å². The van der Waals surface area contributed by atoms with E-state index in [9.17, 15) is 0 Å². The molecular weight excluding hydrogens is 230 g/mol. The Bertz CT molecular complexity index is 374. The summed E-state index contributed by atoms with van der Waals surface area (Å²) in [6, 6.07) is 0.883. The molecule has 0 saturated carbocycles. The average molecular weight is 251 g/mol. The lowest BCUT2D eigenvalue weighted by atomic mass is 10.2. The van der Waals surface area contributed by atoms with Gasteiger partial charge in [-0.1, -0.05) is 0 Å². The van der Waals surface area contributed by atoms with Crippen LogP contribution in [0.2, 0.25) is 0 Å². The quantitative estimate of drug-likeness (QED) is 0.859. The number of aromatic nitrogens is 3. The summed E-state index contributed by atoms with van der Waals surface area (Å²) in [5, 5.41) is 3.12. The van der Waals surface area contributed by atoms with Gasteiger partial charge >= 0.3 is 6.01 Å². The van der Waals surface area contributed by atoms with Gasteiger partial charge in [-0.3, -0.25) is 0 Å². The third kappa shape index (κ3) is 2.80. The molecule has 1 aliphatic rings. The van der Waals surface area contributed by atoms with Gasteiger partial charge < -0.3 is 15.0 Å². The topological polar surface area (TPSA) is 63.2 Å². The summed E-state index contributed by atoms with van der Waals surface area (Å²) in [7, 11) is 0. The van der Waals surface area contributed by atoms with Crippen LogP contribution in [0.5, 0.6) is 6.01 Å². The third-order valence-corrected chi connectivity index (χ3v) is 3.02. The Morgan fingerprint density at radius 1 is 1.33 bits per heavy atom. The summed E-state index contributed by atoms with van der Waals surface area (Å²) in [4.78, 5) is 15.3. The van der Waals surface area contributed by atoms with Crippen molar-refractivity contribution in [3.05, 3.63) is 0 Å². The molecule has 0 bridgehead atoms. The Hall–Kier alpha value is -1.59. The Labute approximate surface area is 108 Å². The van der Waals surface area contributed by atoms with Crippen LogP contribution in [0, 0.1) is 0 Å². The van der Waals surface area contributed by atoms with Gasteiger partial charge in [0.25, 0.3) is 0 Å². The number of hydrogen-bond acceptors (Lipinski definition) is 6. The van der Waals surface area contributed by atoms with Crippen LogP contribution < -0.4 is 15.0 Å². The molecule has 0 amide bonds. The minimum absolute atomic E-state index is 0.401. The number of hydrogen-bond donors (Lipinski definition) is 1. The molecular formula is C12H21N5O. The van der Waals surface area contributed by atoms with E-state index in [4.69, 9.17) is 4.74 Å². The van der Waals surface area contributed by atoms with Crippen LogP contribution in [0.15, 0.2) is 0 Å². The Morgan fingerprint density at radius 2 is 2.17 bits per heavy atom. The summed E-state index contributed by atoms with van der Waals surface area (Å²) in [6.45, 7) is 8.48. The van der Waals surface area contributed by atoms with Crippen molar-refractivity contribution >= 4 is 11.9 Å². The zero-order chi connectivity index (χ0) is 13.0. The molecule has 1 fully saturated rings. The highest BCUT2D eigenvalue weighted by molar-refractivity contribution is 5.40. The average Bonchev–Trinajstić information content (AvgIpc) is 2.76. The number of anilines is 2. The number of nitrogens with zero attached hydrogens (tertiary/aromatic N) is 4. The minimum atomic E-state index is 0.401. The van der Waals surface area contributed by atoms with Gasteiger partial charge in [-0.25, -0.2) is 0 Å². The second-order valence-electron chi connectivity index (χ2n) is 4.39. The maximum absolute atomic E-state index is 5.40. The zero-order valence-electron chi connectivity index (χ0n) is 11.3. The van der Waals surface area contributed by atoms with Crippen molar-refractivity contribution < 1.29 is 4.74 Å². The summed E-state index contributed by atoms with van der Waals surface area (Å²) in [6.07, 6.45) is 2.37. The fourth-order valence-electron chi connectivity index (χ4n) is 2.14. The molecule has 0 spiro atoms. The molecule has 1 unspecified atom stereocenters. The molecule has 100 valence electrons. The lowest BCUT2D eigenvalue weighted by molar-refractivity contribution is 0.312. The van der Waals surface area contributed by atoms with Gasteiger partial charge in [0.1, 0.15) is 0 Å².